The first-order chi connectivity index (χ1) is 9.46. The van der Waals surface area contributed by atoms with Crippen molar-refractivity contribution in [3.63, 3.8) is 0 Å². The van der Waals surface area contributed by atoms with Gasteiger partial charge in [0.1, 0.15) is 11.5 Å². The topological polar surface area (TPSA) is 52.6 Å². The lowest BCUT2D eigenvalue weighted by atomic mass is 9.77. The lowest BCUT2D eigenvalue weighted by molar-refractivity contribution is -0.153. The molecule has 20 heavy (non-hydrogen) atoms. The van der Waals surface area contributed by atoms with Gasteiger partial charge in [-0.25, -0.2) is 0 Å². The molecule has 0 aromatic rings. The maximum absolute atomic E-state index is 12.1. The highest BCUT2D eigenvalue weighted by Crippen LogP contribution is 2.40. The zero-order valence-corrected chi connectivity index (χ0v) is 14.2. The summed E-state index contributed by atoms with van der Waals surface area (Å²) in [6.07, 6.45) is 2.49. The van der Waals surface area contributed by atoms with Crippen molar-refractivity contribution < 1.29 is 19.1 Å². The van der Waals surface area contributed by atoms with E-state index in [9.17, 15) is 9.59 Å². The van der Waals surface area contributed by atoms with Crippen molar-refractivity contribution in [1.82, 2.24) is 0 Å². The third-order valence-electron chi connectivity index (χ3n) is 3.72. The average molecular weight is 349 g/mol. The second-order valence-corrected chi connectivity index (χ2v) is 6.44. The van der Waals surface area contributed by atoms with Crippen LogP contribution in [0.5, 0.6) is 0 Å². The third-order valence-corrected chi connectivity index (χ3v) is 4.23. The molecule has 1 aliphatic rings. The Balaban J connectivity index is 2.55. The molecule has 2 unspecified atom stereocenters. The van der Waals surface area contributed by atoms with Gasteiger partial charge in [0.25, 0.3) is 0 Å². The number of carbonyl (C=O) groups excluding carboxylic acids is 2. The first-order valence-corrected chi connectivity index (χ1v) is 8.46. The Morgan fingerprint density at radius 1 is 1.55 bits per heavy atom. The van der Waals surface area contributed by atoms with Crippen LogP contribution in [0.25, 0.3) is 0 Å². The molecule has 1 saturated heterocycles. The predicted octanol–water partition coefficient (Wildman–Crippen LogP) is 3.12. The molecule has 2 atom stereocenters. The number of hydrogen-bond donors (Lipinski definition) is 0. The van der Waals surface area contributed by atoms with E-state index in [4.69, 9.17) is 9.47 Å². The third kappa shape index (κ3) is 4.29. The predicted molar refractivity (Wildman–Crippen MR) is 80.9 cm³/mol. The van der Waals surface area contributed by atoms with Crippen LogP contribution in [0, 0.1) is 11.3 Å². The van der Waals surface area contributed by atoms with E-state index in [2.05, 4.69) is 29.8 Å². The number of alkyl halides is 1. The molecule has 116 valence electrons. The fourth-order valence-electron chi connectivity index (χ4n) is 2.53. The van der Waals surface area contributed by atoms with E-state index in [0.717, 1.165) is 12.8 Å². The Kier molecular flexibility index (Phi) is 7.17. The second kappa shape index (κ2) is 8.13. The number of rotatable bonds is 9. The number of cyclic esters (lactones) is 1. The fourth-order valence-corrected chi connectivity index (χ4v) is 3.07. The minimum absolute atomic E-state index is 0.0750. The normalized spacial score (nSPS) is 26.1. The molecule has 0 N–H and O–H groups in total. The van der Waals surface area contributed by atoms with Gasteiger partial charge < -0.3 is 9.47 Å². The van der Waals surface area contributed by atoms with E-state index in [1.807, 2.05) is 6.92 Å². The van der Waals surface area contributed by atoms with Gasteiger partial charge in [0.15, 0.2) is 5.78 Å². The number of ether oxygens (including phenoxy) is 2. The summed E-state index contributed by atoms with van der Waals surface area (Å²) in [5.74, 6) is 0.144. The van der Waals surface area contributed by atoms with Gasteiger partial charge in [-0.1, -0.05) is 43.1 Å². The van der Waals surface area contributed by atoms with E-state index in [-0.39, 0.29) is 23.2 Å². The molecule has 0 spiro atoms. The molecule has 0 radical (unpaired) electrons. The zero-order valence-electron chi connectivity index (χ0n) is 12.6. The van der Waals surface area contributed by atoms with Gasteiger partial charge in [-0.3, -0.25) is 9.59 Å². The summed E-state index contributed by atoms with van der Waals surface area (Å²) >= 11 is 3.17. The summed E-state index contributed by atoms with van der Waals surface area (Å²) in [5.41, 5.74) is -0.954. The van der Waals surface area contributed by atoms with Gasteiger partial charge in [0.05, 0.1) is 11.9 Å². The van der Waals surface area contributed by atoms with Crippen LogP contribution >= 0.6 is 15.9 Å². The van der Waals surface area contributed by atoms with Crippen molar-refractivity contribution in [2.75, 3.05) is 18.5 Å². The minimum Gasteiger partial charge on any atom is -0.459 e. The molecule has 0 aliphatic carbocycles. The Morgan fingerprint density at radius 2 is 2.25 bits per heavy atom. The number of Topliss-reactive ketones (excluding diaryl/α,β-unsaturated/α-hetero) is 1. The van der Waals surface area contributed by atoms with Crippen LogP contribution in [0.2, 0.25) is 0 Å². The van der Waals surface area contributed by atoms with Gasteiger partial charge >= 0.3 is 5.97 Å². The van der Waals surface area contributed by atoms with Crippen molar-refractivity contribution in [3.8, 4) is 0 Å². The fraction of sp³-hybridized carbons (Fsp3) is 0.867. The quantitative estimate of drug-likeness (QED) is 0.278. The van der Waals surface area contributed by atoms with Gasteiger partial charge in [-0.2, -0.15) is 0 Å². The lowest BCUT2D eigenvalue weighted by Crippen LogP contribution is -2.36. The van der Waals surface area contributed by atoms with Gasteiger partial charge in [0, 0.05) is 13.0 Å². The summed E-state index contributed by atoms with van der Waals surface area (Å²) in [6, 6.07) is 0. The van der Waals surface area contributed by atoms with Crippen molar-refractivity contribution >= 4 is 27.7 Å². The number of ketones is 1. The molecule has 0 amide bonds. The van der Waals surface area contributed by atoms with Crippen LogP contribution in [0.3, 0.4) is 0 Å². The standard InChI is InChI=1S/C15H25BrO4/c1-4-6-15(13(17)9-16)8-12(20-14(15)18)10-19-7-5-11(2)3/h11-12H,4-10H2,1-3H3. The largest absolute Gasteiger partial charge is 0.459 e. The molecule has 0 aromatic carbocycles. The molecule has 1 aliphatic heterocycles. The molecular weight excluding hydrogens is 324 g/mol. The molecule has 1 fully saturated rings. The highest BCUT2D eigenvalue weighted by Gasteiger charge is 2.53. The first-order valence-electron chi connectivity index (χ1n) is 7.34. The summed E-state index contributed by atoms with van der Waals surface area (Å²) in [7, 11) is 0. The molecular formula is C15H25BrO4. The van der Waals surface area contributed by atoms with Crippen molar-refractivity contribution in [2.45, 2.75) is 52.6 Å². The molecule has 1 heterocycles. The SMILES string of the molecule is CCCC1(C(=O)CBr)CC(COCCC(C)C)OC1=O. The lowest BCUT2D eigenvalue weighted by Gasteiger charge is -2.21. The van der Waals surface area contributed by atoms with Gasteiger partial charge in [-0.15, -0.1) is 0 Å². The Morgan fingerprint density at radius 3 is 2.80 bits per heavy atom. The van der Waals surface area contributed by atoms with Crippen molar-refractivity contribution in [1.29, 1.82) is 0 Å². The van der Waals surface area contributed by atoms with Crippen LogP contribution in [0.15, 0.2) is 0 Å². The molecule has 0 aromatic heterocycles. The number of carbonyl (C=O) groups is 2. The molecule has 0 saturated carbocycles. The highest BCUT2D eigenvalue weighted by molar-refractivity contribution is 9.09. The highest BCUT2D eigenvalue weighted by atomic mass is 79.9. The van der Waals surface area contributed by atoms with E-state index < -0.39 is 5.41 Å². The van der Waals surface area contributed by atoms with Crippen LogP contribution in [0.4, 0.5) is 0 Å². The summed E-state index contributed by atoms with van der Waals surface area (Å²) in [6.45, 7) is 7.31. The zero-order chi connectivity index (χ0) is 15.2. The average Bonchev–Trinajstić information content (AvgIpc) is 2.72. The van der Waals surface area contributed by atoms with E-state index in [1.165, 1.54) is 0 Å². The number of esters is 1. The molecule has 0 bridgehead atoms. The maximum atomic E-state index is 12.1. The second-order valence-electron chi connectivity index (χ2n) is 5.88. The Bertz CT molecular complexity index is 343. The van der Waals surface area contributed by atoms with Crippen molar-refractivity contribution in [2.24, 2.45) is 11.3 Å². The van der Waals surface area contributed by atoms with Gasteiger partial charge in [-0.05, 0) is 18.8 Å². The van der Waals surface area contributed by atoms with Crippen LogP contribution in [-0.2, 0) is 19.1 Å². The Hall–Kier alpha value is -0.420. The van der Waals surface area contributed by atoms with Crippen LogP contribution in [-0.4, -0.2) is 36.4 Å². The summed E-state index contributed by atoms with van der Waals surface area (Å²) in [5, 5.41) is 0.197. The van der Waals surface area contributed by atoms with Gasteiger partial charge in [0.2, 0.25) is 0 Å². The molecule has 1 rings (SSSR count). The van der Waals surface area contributed by atoms with Crippen LogP contribution in [0.1, 0.15) is 46.5 Å². The minimum atomic E-state index is -0.954. The van der Waals surface area contributed by atoms with Crippen molar-refractivity contribution in [3.05, 3.63) is 0 Å². The van der Waals surface area contributed by atoms with E-state index in [1.54, 1.807) is 0 Å². The summed E-state index contributed by atoms with van der Waals surface area (Å²) < 4.78 is 10.9. The molecule has 4 nitrogen and oxygen atoms in total. The van der Waals surface area contributed by atoms with Crippen LogP contribution < -0.4 is 0 Å². The maximum Gasteiger partial charge on any atom is 0.320 e. The number of halogens is 1. The first kappa shape index (κ1) is 17.6. The summed E-state index contributed by atoms with van der Waals surface area (Å²) in [4.78, 5) is 24.2. The van der Waals surface area contributed by atoms with E-state index >= 15 is 0 Å². The monoisotopic (exact) mass is 348 g/mol. The molecule has 5 heteroatoms. The Labute approximate surface area is 129 Å². The number of hydrogen-bond acceptors (Lipinski definition) is 4. The smallest absolute Gasteiger partial charge is 0.320 e. The van der Waals surface area contributed by atoms with E-state index in [0.29, 0.717) is 32.0 Å².